The molecule has 0 heterocycles. The van der Waals surface area contributed by atoms with Crippen molar-refractivity contribution in [2.75, 3.05) is 5.32 Å². The maximum Gasteiger partial charge on any atom is 0.418 e. The molecule has 3 nitrogen and oxygen atoms in total. The highest BCUT2D eigenvalue weighted by molar-refractivity contribution is 6.34. The van der Waals surface area contributed by atoms with Gasteiger partial charge in [0.1, 0.15) is 0 Å². The number of hydrogen-bond donors (Lipinski definition) is 2. The summed E-state index contributed by atoms with van der Waals surface area (Å²) >= 11 is 5.73. The van der Waals surface area contributed by atoms with E-state index in [1.165, 1.54) is 12.1 Å². The lowest BCUT2D eigenvalue weighted by atomic mass is 10.00. The predicted octanol–water partition coefficient (Wildman–Crippen LogP) is 3.81. The third-order valence-electron chi connectivity index (χ3n) is 2.58. The Morgan fingerprint density at radius 1 is 1.35 bits per heavy atom. The minimum Gasteiger partial charge on any atom is -0.326 e. The van der Waals surface area contributed by atoms with E-state index in [1.54, 1.807) is 13.8 Å². The first kappa shape index (κ1) is 16.8. The first-order valence-corrected chi connectivity index (χ1v) is 6.33. The molecule has 0 aromatic heterocycles. The third kappa shape index (κ3) is 5.02. The quantitative estimate of drug-likeness (QED) is 0.888. The second kappa shape index (κ2) is 6.01. The molecule has 7 heteroatoms. The van der Waals surface area contributed by atoms with Crippen LogP contribution in [0.4, 0.5) is 18.9 Å². The SMILES string of the molecule is CC(C)(N)CCC(=O)Nc1c(Cl)cccc1C(F)(F)F. The summed E-state index contributed by atoms with van der Waals surface area (Å²) in [6.07, 6.45) is -4.21. The van der Waals surface area contributed by atoms with Gasteiger partial charge in [0.15, 0.2) is 0 Å². The van der Waals surface area contributed by atoms with Gasteiger partial charge in [0.05, 0.1) is 16.3 Å². The Hall–Kier alpha value is -1.27. The number of anilines is 1. The zero-order valence-electron chi connectivity index (χ0n) is 11.1. The number of carbonyl (C=O) groups is 1. The highest BCUT2D eigenvalue weighted by Crippen LogP contribution is 2.38. The van der Waals surface area contributed by atoms with Gasteiger partial charge in [-0.2, -0.15) is 13.2 Å². The highest BCUT2D eigenvalue weighted by Gasteiger charge is 2.34. The average Bonchev–Trinajstić information content (AvgIpc) is 2.27. The van der Waals surface area contributed by atoms with E-state index in [0.29, 0.717) is 6.42 Å². The molecule has 1 aromatic rings. The van der Waals surface area contributed by atoms with E-state index in [1.807, 2.05) is 0 Å². The molecule has 0 fully saturated rings. The molecular formula is C13H16ClF3N2O. The van der Waals surface area contributed by atoms with Crippen molar-refractivity contribution >= 4 is 23.2 Å². The van der Waals surface area contributed by atoms with Crippen molar-refractivity contribution < 1.29 is 18.0 Å². The van der Waals surface area contributed by atoms with Crippen molar-refractivity contribution in [2.24, 2.45) is 5.73 Å². The number of rotatable bonds is 4. The van der Waals surface area contributed by atoms with Gasteiger partial charge >= 0.3 is 6.18 Å². The molecule has 0 bridgehead atoms. The van der Waals surface area contributed by atoms with Crippen LogP contribution in [-0.4, -0.2) is 11.4 Å². The van der Waals surface area contributed by atoms with Gasteiger partial charge in [-0.3, -0.25) is 4.79 Å². The molecule has 1 amide bonds. The molecular weight excluding hydrogens is 293 g/mol. The number of nitrogens with two attached hydrogens (primary N) is 1. The fourth-order valence-corrected chi connectivity index (χ4v) is 1.75. The number of hydrogen-bond acceptors (Lipinski definition) is 2. The number of halogens is 4. The maximum absolute atomic E-state index is 12.8. The zero-order valence-corrected chi connectivity index (χ0v) is 11.9. The molecule has 20 heavy (non-hydrogen) atoms. The van der Waals surface area contributed by atoms with Crippen LogP contribution in [0, 0.1) is 0 Å². The Balaban J connectivity index is 2.90. The standard InChI is InChI=1S/C13H16ClF3N2O/c1-12(2,18)7-6-10(20)19-11-8(13(15,16)17)4-3-5-9(11)14/h3-5H,6-7,18H2,1-2H3,(H,19,20). The largest absolute Gasteiger partial charge is 0.418 e. The first-order valence-electron chi connectivity index (χ1n) is 5.95. The topological polar surface area (TPSA) is 55.1 Å². The monoisotopic (exact) mass is 308 g/mol. The highest BCUT2D eigenvalue weighted by atomic mass is 35.5. The second-order valence-corrected chi connectivity index (χ2v) is 5.60. The molecule has 0 atom stereocenters. The van der Waals surface area contributed by atoms with E-state index in [-0.39, 0.29) is 11.4 Å². The molecule has 0 radical (unpaired) electrons. The molecule has 0 saturated carbocycles. The number of amides is 1. The summed E-state index contributed by atoms with van der Waals surface area (Å²) in [4.78, 5) is 11.7. The van der Waals surface area contributed by atoms with Crippen molar-refractivity contribution in [1.29, 1.82) is 0 Å². The van der Waals surface area contributed by atoms with Gasteiger partial charge in [0, 0.05) is 12.0 Å². The summed E-state index contributed by atoms with van der Waals surface area (Å²) in [7, 11) is 0. The first-order chi connectivity index (χ1) is 9.00. The second-order valence-electron chi connectivity index (χ2n) is 5.20. The Bertz CT molecular complexity index is 495. The Morgan fingerprint density at radius 3 is 2.45 bits per heavy atom. The average molecular weight is 309 g/mol. The van der Waals surface area contributed by atoms with E-state index in [9.17, 15) is 18.0 Å². The third-order valence-corrected chi connectivity index (χ3v) is 2.89. The van der Waals surface area contributed by atoms with Crippen molar-refractivity contribution in [3.63, 3.8) is 0 Å². The van der Waals surface area contributed by atoms with Crippen molar-refractivity contribution in [1.82, 2.24) is 0 Å². The van der Waals surface area contributed by atoms with Crippen molar-refractivity contribution in [3.8, 4) is 0 Å². The van der Waals surface area contributed by atoms with Gasteiger partial charge in [-0.05, 0) is 32.4 Å². The van der Waals surface area contributed by atoms with Gasteiger partial charge in [0.25, 0.3) is 0 Å². The summed E-state index contributed by atoms with van der Waals surface area (Å²) in [5.74, 6) is -0.554. The van der Waals surface area contributed by atoms with Gasteiger partial charge in [0.2, 0.25) is 5.91 Å². The fraction of sp³-hybridized carbons (Fsp3) is 0.462. The number of nitrogens with one attached hydrogen (secondary N) is 1. The molecule has 0 aliphatic heterocycles. The smallest absolute Gasteiger partial charge is 0.326 e. The van der Waals surface area contributed by atoms with E-state index >= 15 is 0 Å². The Morgan fingerprint density at radius 2 is 1.95 bits per heavy atom. The summed E-state index contributed by atoms with van der Waals surface area (Å²) < 4.78 is 38.5. The number of para-hydroxylation sites is 1. The van der Waals surface area contributed by atoms with E-state index < -0.39 is 28.9 Å². The van der Waals surface area contributed by atoms with Crippen LogP contribution in [0.3, 0.4) is 0 Å². The number of carbonyl (C=O) groups excluding carboxylic acids is 1. The minimum atomic E-state index is -4.58. The van der Waals surface area contributed by atoms with E-state index in [4.69, 9.17) is 17.3 Å². The molecule has 0 spiro atoms. The van der Waals surface area contributed by atoms with Crippen LogP contribution >= 0.6 is 11.6 Å². The van der Waals surface area contributed by atoms with Crippen LogP contribution < -0.4 is 11.1 Å². The summed E-state index contributed by atoms with van der Waals surface area (Å²) in [5.41, 5.74) is 3.77. The van der Waals surface area contributed by atoms with E-state index in [0.717, 1.165) is 6.07 Å². The molecule has 0 aliphatic carbocycles. The van der Waals surface area contributed by atoms with Crippen LogP contribution in [-0.2, 0) is 11.0 Å². The van der Waals surface area contributed by atoms with Crippen LogP contribution in [0.25, 0.3) is 0 Å². The van der Waals surface area contributed by atoms with Crippen LogP contribution in [0.5, 0.6) is 0 Å². The lowest BCUT2D eigenvalue weighted by molar-refractivity contribution is -0.137. The zero-order chi connectivity index (χ0) is 15.6. The number of alkyl halides is 3. The normalized spacial score (nSPS) is 12.3. The Kier molecular flexibility index (Phi) is 5.05. The lowest BCUT2D eigenvalue weighted by Crippen LogP contribution is -2.33. The molecule has 0 aliphatic rings. The molecule has 0 unspecified atom stereocenters. The van der Waals surface area contributed by atoms with Crippen LogP contribution in [0.15, 0.2) is 18.2 Å². The predicted molar refractivity (Wildman–Crippen MR) is 72.6 cm³/mol. The number of benzene rings is 1. The molecule has 3 N–H and O–H groups in total. The lowest BCUT2D eigenvalue weighted by Gasteiger charge is -2.19. The Labute approximate surface area is 120 Å². The summed E-state index contributed by atoms with van der Waals surface area (Å²) in [6.45, 7) is 3.47. The summed E-state index contributed by atoms with van der Waals surface area (Å²) in [6, 6.07) is 3.34. The minimum absolute atomic E-state index is 0.0199. The summed E-state index contributed by atoms with van der Waals surface area (Å²) in [5, 5.41) is 2.06. The van der Waals surface area contributed by atoms with Crippen molar-refractivity contribution in [3.05, 3.63) is 28.8 Å². The van der Waals surface area contributed by atoms with Crippen LogP contribution in [0.2, 0.25) is 5.02 Å². The molecule has 0 saturated heterocycles. The van der Waals surface area contributed by atoms with E-state index in [2.05, 4.69) is 5.32 Å². The van der Waals surface area contributed by atoms with Crippen molar-refractivity contribution in [2.45, 2.75) is 38.4 Å². The fourth-order valence-electron chi connectivity index (χ4n) is 1.53. The van der Waals surface area contributed by atoms with Crippen LogP contribution in [0.1, 0.15) is 32.3 Å². The van der Waals surface area contributed by atoms with Gasteiger partial charge < -0.3 is 11.1 Å². The van der Waals surface area contributed by atoms with Gasteiger partial charge in [-0.1, -0.05) is 17.7 Å². The maximum atomic E-state index is 12.8. The molecule has 1 rings (SSSR count). The van der Waals surface area contributed by atoms with Gasteiger partial charge in [-0.25, -0.2) is 0 Å². The molecule has 1 aromatic carbocycles. The van der Waals surface area contributed by atoms with Gasteiger partial charge in [-0.15, -0.1) is 0 Å². The molecule has 112 valence electrons.